The quantitative estimate of drug-likeness (QED) is 0.547. The predicted molar refractivity (Wildman–Crippen MR) is 128 cm³/mol. The van der Waals surface area contributed by atoms with E-state index in [2.05, 4.69) is 66.2 Å². The number of rotatable bonds is 7. The maximum atomic E-state index is 11.1. The first-order valence-electron chi connectivity index (χ1n) is 11.7. The summed E-state index contributed by atoms with van der Waals surface area (Å²) in [5, 5.41) is 9.13. The molecule has 0 saturated heterocycles. The second-order valence-corrected chi connectivity index (χ2v) is 9.43. The molecule has 0 radical (unpaired) electrons. The van der Waals surface area contributed by atoms with Crippen LogP contribution in [-0.4, -0.2) is 33.6 Å². The van der Waals surface area contributed by atoms with Crippen LogP contribution in [0.3, 0.4) is 0 Å². The number of carboxylic acid groups (broad SMARTS) is 1. The van der Waals surface area contributed by atoms with Crippen LogP contribution in [0.4, 0.5) is 0 Å². The van der Waals surface area contributed by atoms with Crippen molar-refractivity contribution in [1.82, 2.24) is 9.88 Å². The zero-order valence-corrected chi connectivity index (χ0v) is 19.3. The van der Waals surface area contributed by atoms with Crippen molar-refractivity contribution >= 4 is 5.97 Å². The molecule has 0 spiro atoms. The Hall–Kier alpha value is -3.18. The van der Waals surface area contributed by atoms with Gasteiger partial charge in [-0.1, -0.05) is 18.2 Å². The molecule has 1 aromatic heterocycles. The molecule has 2 aliphatic rings. The zero-order chi connectivity index (χ0) is 22.9. The van der Waals surface area contributed by atoms with Gasteiger partial charge >= 0.3 is 5.97 Å². The molecule has 0 bridgehead atoms. The fraction of sp³-hybridized carbons (Fsp3) is 0.357. The standard InChI is InChI=1S/C28H30N2O3/c1-18-11-20(12-19(2)27(18)21-5-8-29-9-6-21)7-10-33-26-4-3-22-16-30(17-24(22)15-26)25-13-23(14-25)28(31)32/h3-6,8-9,11-12,15,23,25H,7,10,13-14,16-17H2,1-2H3,(H,31,32)/t23-,25-. The van der Waals surface area contributed by atoms with Crippen molar-refractivity contribution in [2.75, 3.05) is 6.61 Å². The van der Waals surface area contributed by atoms with E-state index in [-0.39, 0.29) is 5.92 Å². The average molecular weight is 443 g/mol. The summed E-state index contributed by atoms with van der Waals surface area (Å²) in [4.78, 5) is 17.6. The predicted octanol–water partition coefficient (Wildman–Crippen LogP) is 5.17. The number of aliphatic carboxylic acids is 1. The number of carboxylic acids is 1. The number of carbonyl (C=O) groups is 1. The fourth-order valence-electron chi connectivity index (χ4n) is 5.29. The van der Waals surface area contributed by atoms with Gasteiger partial charge in [0.15, 0.2) is 0 Å². The molecule has 0 unspecified atom stereocenters. The first-order valence-corrected chi connectivity index (χ1v) is 11.7. The lowest BCUT2D eigenvalue weighted by molar-refractivity contribution is -0.147. The molecule has 3 aromatic rings. The molecule has 1 fully saturated rings. The molecule has 1 aliphatic heterocycles. The minimum Gasteiger partial charge on any atom is -0.493 e. The van der Waals surface area contributed by atoms with Gasteiger partial charge in [-0.25, -0.2) is 0 Å². The molecule has 5 nitrogen and oxygen atoms in total. The van der Waals surface area contributed by atoms with Crippen LogP contribution in [0, 0.1) is 19.8 Å². The van der Waals surface area contributed by atoms with Crippen molar-refractivity contribution in [2.45, 2.75) is 52.2 Å². The van der Waals surface area contributed by atoms with Crippen LogP contribution in [0.5, 0.6) is 5.75 Å². The van der Waals surface area contributed by atoms with Crippen LogP contribution >= 0.6 is 0 Å². The van der Waals surface area contributed by atoms with Crippen molar-refractivity contribution in [3.63, 3.8) is 0 Å². The number of nitrogens with zero attached hydrogens (tertiary/aromatic N) is 2. The van der Waals surface area contributed by atoms with E-state index >= 15 is 0 Å². The number of ether oxygens (including phenoxy) is 1. The van der Waals surface area contributed by atoms with Crippen molar-refractivity contribution in [3.8, 4) is 16.9 Å². The van der Waals surface area contributed by atoms with Crippen LogP contribution in [0.2, 0.25) is 0 Å². The number of fused-ring (bicyclic) bond motifs is 1. The Balaban J connectivity index is 1.18. The zero-order valence-electron chi connectivity index (χ0n) is 19.3. The topological polar surface area (TPSA) is 62.7 Å². The van der Waals surface area contributed by atoms with E-state index in [0.717, 1.165) is 38.1 Å². The van der Waals surface area contributed by atoms with Crippen molar-refractivity contribution in [3.05, 3.63) is 82.7 Å². The van der Waals surface area contributed by atoms with Gasteiger partial charge in [0.2, 0.25) is 0 Å². The minimum absolute atomic E-state index is 0.163. The van der Waals surface area contributed by atoms with Gasteiger partial charge in [-0.05, 0) is 89.9 Å². The van der Waals surface area contributed by atoms with Gasteiger partial charge in [0, 0.05) is 37.9 Å². The number of hydrogen-bond acceptors (Lipinski definition) is 4. The van der Waals surface area contributed by atoms with Crippen molar-refractivity contribution in [1.29, 1.82) is 0 Å². The summed E-state index contributed by atoms with van der Waals surface area (Å²) in [7, 11) is 0. The maximum absolute atomic E-state index is 11.1. The second kappa shape index (κ2) is 8.99. The molecule has 2 heterocycles. The van der Waals surface area contributed by atoms with Crippen LogP contribution in [-0.2, 0) is 24.3 Å². The largest absolute Gasteiger partial charge is 0.493 e. The van der Waals surface area contributed by atoms with Gasteiger partial charge in [-0.2, -0.15) is 0 Å². The molecule has 2 aromatic carbocycles. The lowest BCUT2D eigenvalue weighted by Crippen LogP contribution is -2.44. The number of aromatic nitrogens is 1. The van der Waals surface area contributed by atoms with E-state index in [1.807, 2.05) is 12.4 Å². The maximum Gasteiger partial charge on any atom is 0.306 e. The Morgan fingerprint density at radius 3 is 2.42 bits per heavy atom. The van der Waals surface area contributed by atoms with Gasteiger partial charge in [0.05, 0.1) is 12.5 Å². The van der Waals surface area contributed by atoms with E-state index in [1.165, 1.54) is 38.9 Å². The summed E-state index contributed by atoms with van der Waals surface area (Å²) in [6.07, 6.45) is 6.08. The molecular weight excluding hydrogens is 412 g/mol. The van der Waals surface area contributed by atoms with Gasteiger partial charge in [0.1, 0.15) is 5.75 Å². The Labute approximate surface area is 195 Å². The lowest BCUT2D eigenvalue weighted by Gasteiger charge is -2.39. The number of hydrogen-bond donors (Lipinski definition) is 1. The summed E-state index contributed by atoms with van der Waals surface area (Å²) in [5.74, 6) is 0.0918. The molecular formula is C28H30N2O3. The first kappa shape index (κ1) is 21.7. The third kappa shape index (κ3) is 4.51. The van der Waals surface area contributed by atoms with E-state index in [1.54, 1.807) is 0 Å². The Kier molecular flexibility index (Phi) is 5.90. The Morgan fingerprint density at radius 1 is 1.03 bits per heavy atom. The highest BCUT2D eigenvalue weighted by Gasteiger charge is 2.39. The molecule has 1 aliphatic carbocycles. The highest BCUT2D eigenvalue weighted by Crippen LogP contribution is 2.37. The van der Waals surface area contributed by atoms with Crippen LogP contribution in [0.15, 0.2) is 54.9 Å². The molecule has 0 atom stereocenters. The normalized spacial score (nSPS) is 19.7. The van der Waals surface area contributed by atoms with Gasteiger partial charge in [0.25, 0.3) is 0 Å². The number of aryl methyl sites for hydroxylation is 2. The highest BCUT2D eigenvalue weighted by atomic mass is 16.5. The van der Waals surface area contributed by atoms with Gasteiger partial charge in [-0.3, -0.25) is 14.7 Å². The lowest BCUT2D eigenvalue weighted by atomic mass is 9.79. The van der Waals surface area contributed by atoms with E-state index in [0.29, 0.717) is 12.6 Å². The Bertz CT molecular complexity index is 1150. The van der Waals surface area contributed by atoms with E-state index in [9.17, 15) is 4.79 Å². The van der Waals surface area contributed by atoms with Crippen LogP contribution in [0.25, 0.3) is 11.1 Å². The third-order valence-electron chi connectivity index (χ3n) is 7.12. The summed E-state index contributed by atoms with van der Waals surface area (Å²) >= 11 is 0. The van der Waals surface area contributed by atoms with Crippen LogP contribution < -0.4 is 4.74 Å². The van der Waals surface area contributed by atoms with Crippen molar-refractivity contribution < 1.29 is 14.6 Å². The van der Waals surface area contributed by atoms with E-state index < -0.39 is 5.97 Å². The molecule has 170 valence electrons. The molecule has 0 amide bonds. The molecule has 1 N–H and O–H groups in total. The summed E-state index contributed by atoms with van der Waals surface area (Å²) in [5.41, 5.74) is 8.96. The number of pyridine rings is 1. The van der Waals surface area contributed by atoms with Crippen molar-refractivity contribution in [2.24, 2.45) is 5.92 Å². The average Bonchev–Trinajstić information content (AvgIpc) is 3.15. The monoisotopic (exact) mass is 442 g/mol. The number of benzene rings is 2. The summed E-state index contributed by atoms with van der Waals surface area (Å²) in [6, 6.07) is 15.4. The second-order valence-electron chi connectivity index (χ2n) is 9.43. The molecule has 5 heteroatoms. The smallest absolute Gasteiger partial charge is 0.306 e. The molecule has 33 heavy (non-hydrogen) atoms. The minimum atomic E-state index is -0.656. The fourth-order valence-corrected chi connectivity index (χ4v) is 5.29. The first-order chi connectivity index (χ1) is 16.0. The van der Waals surface area contributed by atoms with Crippen LogP contribution in [0.1, 0.15) is 40.7 Å². The SMILES string of the molecule is Cc1cc(CCOc2ccc3c(c2)CN([C@H]2C[C@H](C(=O)O)C2)C3)cc(C)c1-c1ccncc1. The highest BCUT2D eigenvalue weighted by molar-refractivity contribution is 5.71. The summed E-state index contributed by atoms with van der Waals surface area (Å²) < 4.78 is 6.11. The Morgan fingerprint density at radius 2 is 1.73 bits per heavy atom. The summed E-state index contributed by atoms with van der Waals surface area (Å²) in [6.45, 7) is 6.77. The van der Waals surface area contributed by atoms with E-state index in [4.69, 9.17) is 9.84 Å². The third-order valence-corrected chi connectivity index (χ3v) is 7.12. The van der Waals surface area contributed by atoms with Gasteiger partial charge < -0.3 is 9.84 Å². The van der Waals surface area contributed by atoms with Gasteiger partial charge in [-0.15, -0.1) is 0 Å². The molecule has 1 saturated carbocycles. The molecule has 5 rings (SSSR count).